The molecule has 13 rings (SSSR count). The fourth-order valence-electron chi connectivity index (χ4n) is 17.6. The molecule has 2 aliphatic rings. The number of unbranched alkanes of at least 4 members (excludes halogenated alkanes) is 7. The van der Waals surface area contributed by atoms with Crippen molar-refractivity contribution in [1.29, 1.82) is 0 Å². The van der Waals surface area contributed by atoms with Crippen molar-refractivity contribution >= 4 is 200 Å². The van der Waals surface area contributed by atoms with Crippen molar-refractivity contribution in [3.8, 4) is 34.8 Å². The van der Waals surface area contributed by atoms with Gasteiger partial charge in [0.2, 0.25) is 15.4 Å². The van der Waals surface area contributed by atoms with Crippen LogP contribution in [0.2, 0.25) is 25.1 Å². The Hall–Kier alpha value is -8.54. The van der Waals surface area contributed by atoms with Crippen molar-refractivity contribution in [1.82, 2.24) is 9.99 Å². The number of halogens is 6. The molecule has 2 aromatic heterocycles. The maximum Gasteiger partial charge on any atom is 0.336 e. The molecule has 11 aromatic rings. The van der Waals surface area contributed by atoms with Crippen LogP contribution in [-0.4, -0.2) is 110 Å². The van der Waals surface area contributed by atoms with E-state index in [0.29, 0.717) is 61.9 Å². The number of phenols is 3. The molecule has 36 heteroatoms. The van der Waals surface area contributed by atoms with Crippen molar-refractivity contribution in [2.24, 2.45) is 10.8 Å². The van der Waals surface area contributed by atoms with E-state index in [0.717, 1.165) is 155 Å². The number of allylic oxidation sites excluding steroid dienone is 1. The Morgan fingerprint density at radius 1 is 0.549 bits per heavy atom. The average Bonchev–Trinajstić information content (AvgIpc) is 1.63. The van der Waals surface area contributed by atoms with Gasteiger partial charge in [-0.25, -0.2) is 42.8 Å². The number of aromatic nitrogens is 3. The third kappa shape index (κ3) is 33.5. The highest BCUT2D eigenvalue weighted by molar-refractivity contribution is 14.1. The summed E-state index contributed by atoms with van der Waals surface area (Å²) in [6.07, 6.45) is 15.2. The summed E-state index contributed by atoms with van der Waals surface area (Å²) in [5.74, 6) is 8.39. The molecular formula is C106H129Cl5IN8O16S6-. The van der Waals surface area contributed by atoms with Crippen LogP contribution in [0.5, 0.6) is 23.0 Å². The number of phenolic OH excluding ortho intramolecular Hbond substituents is 3. The number of hydrogen-bond acceptors (Lipinski definition) is 22. The molecule has 1 unspecified atom stereocenters. The Kier molecular flexibility index (Phi) is 42.2. The largest absolute Gasteiger partial charge is 0.748 e. The van der Waals surface area contributed by atoms with Gasteiger partial charge in [-0.2, -0.15) is 4.57 Å². The highest BCUT2D eigenvalue weighted by Crippen LogP contribution is 2.51. The topological polar surface area (TPSA) is 339 Å². The highest BCUT2D eigenvalue weighted by atomic mass is 127. The summed E-state index contributed by atoms with van der Waals surface area (Å²) < 4.78 is 138. The molecule has 0 aliphatic carbocycles. The lowest BCUT2D eigenvalue weighted by Gasteiger charge is -2.36. The minimum atomic E-state index is -4.33. The fourth-order valence-corrected chi connectivity index (χ4v) is 23.8. The van der Waals surface area contributed by atoms with Gasteiger partial charge >= 0.3 is 5.82 Å². The van der Waals surface area contributed by atoms with Gasteiger partial charge in [0.25, 0.3) is 10.9 Å². The van der Waals surface area contributed by atoms with Crippen LogP contribution in [0.1, 0.15) is 220 Å². The van der Waals surface area contributed by atoms with Gasteiger partial charge in [0.15, 0.2) is 23.7 Å². The summed E-state index contributed by atoms with van der Waals surface area (Å²) in [6.45, 7) is 40.0. The Labute approximate surface area is 885 Å². The number of carbonyl (C=O) groups excluding carboxylic acids is 1. The molecule has 0 fully saturated rings. The maximum absolute atomic E-state index is 13.0. The van der Waals surface area contributed by atoms with E-state index in [4.69, 9.17) is 62.7 Å². The zero-order chi connectivity index (χ0) is 105. The summed E-state index contributed by atoms with van der Waals surface area (Å²) in [7, 11) is -16.7. The van der Waals surface area contributed by atoms with Gasteiger partial charge in [0.05, 0.1) is 102 Å². The van der Waals surface area contributed by atoms with Crippen molar-refractivity contribution in [2.75, 3.05) is 51.3 Å². The lowest BCUT2D eigenvalue weighted by atomic mass is 9.69. The Morgan fingerprint density at radius 3 is 1.57 bits per heavy atom. The number of carbonyl (C=O) groups is 1. The number of anilines is 4. The first kappa shape index (κ1) is 117. The summed E-state index contributed by atoms with van der Waals surface area (Å²) in [4.78, 5) is 20.4. The molecular weight excluding hydrogens is 2140 g/mol. The SMILES string of the molecule is CC(C)(C)CC(C)(C)c1cc(O)c(C(C)(C)CC(C)(C)C)cc1O.CCCCCCCCCCC(Oc1ccc(S(=O)(=O)c2ccc(O)cc2)cc1)C(=O)NNc1ccc(C)cc1.CCN1C(=CC#Cc2n(CC)c3cc(Cl)c(Cl)cc3[n+]2CC)N(CC)c2cc(Cl)c(Cl)cc21.Cc1ccc(S(=O)(=O)[O-])cc1.O=S(=O)([O-])CCCN1C(=Cc2sc3ccc(I)cc3[n+]2CCCS(=O)(=O)[O-])Sc2ccc(Cl)cc21. The smallest absolute Gasteiger partial charge is 0.336 e. The Bertz CT molecular complexity index is 6730. The van der Waals surface area contributed by atoms with Crippen LogP contribution in [0, 0.1) is 40.1 Å². The number of hydrogen-bond donors (Lipinski definition) is 5. The van der Waals surface area contributed by atoms with Gasteiger partial charge < -0.3 is 48.4 Å². The number of fused-ring (bicyclic) bond motifs is 4. The molecule has 0 saturated carbocycles. The van der Waals surface area contributed by atoms with Gasteiger partial charge in [-0.3, -0.25) is 15.6 Å². The van der Waals surface area contributed by atoms with Crippen LogP contribution < -0.4 is 39.4 Å². The third-order valence-corrected chi connectivity index (χ3v) is 32.3. The van der Waals surface area contributed by atoms with Gasteiger partial charge in [-0.05, 0) is 245 Å². The number of rotatable bonds is 34. The first-order valence-electron chi connectivity index (χ1n) is 47.1. The van der Waals surface area contributed by atoms with E-state index >= 15 is 0 Å². The number of sulfone groups is 1. The number of aromatic hydroxyl groups is 3. The monoisotopic (exact) mass is 2260 g/mol. The van der Waals surface area contributed by atoms with Gasteiger partial charge in [0.1, 0.15) is 43.6 Å². The molecule has 24 nitrogen and oxygen atoms in total. The molecule has 9 aromatic carbocycles. The number of benzene rings is 9. The molecule has 0 saturated heterocycles. The van der Waals surface area contributed by atoms with Gasteiger partial charge in [-0.15, -0.1) is 0 Å². The normalized spacial score (nSPS) is 13.4. The van der Waals surface area contributed by atoms with E-state index in [1.165, 1.54) is 104 Å². The zero-order valence-corrected chi connectivity index (χ0v) is 94.1. The zero-order valence-electron chi connectivity index (χ0n) is 83.3. The maximum atomic E-state index is 13.0. The van der Waals surface area contributed by atoms with Crippen LogP contribution in [-0.2, 0) is 75.5 Å². The second kappa shape index (κ2) is 51.2. The molecule has 768 valence electrons. The molecule has 5 N–H and O–H groups in total. The summed E-state index contributed by atoms with van der Waals surface area (Å²) >= 11 is 36.7. The number of amides is 1. The van der Waals surface area contributed by atoms with Crippen molar-refractivity contribution < 1.29 is 81.3 Å². The second-order valence-corrected chi connectivity index (χ2v) is 50.4. The summed E-state index contributed by atoms with van der Waals surface area (Å²) in [6, 6.07) is 47.6. The number of thiazole rings is 1. The molecule has 4 heterocycles. The van der Waals surface area contributed by atoms with Gasteiger partial charge in [-0.1, -0.05) is 244 Å². The van der Waals surface area contributed by atoms with Crippen molar-refractivity contribution in [2.45, 2.75) is 257 Å². The molecule has 142 heavy (non-hydrogen) atoms. The predicted molar refractivity (Wildman–Crippen MR) is 584 cm³/mol. The van der Waals surface area contributed by atoms with Crippen molar-refractivity contribution in [3.05, 3.63) is 249 Å². The summed E-state index contributed by atoms with van der Waals surface area (Å²) in [5, 5.41) is 35.3. The first-order chi connectivity index (χ1) is 66.5. The van der Waals surface area contributed by atoms with E-state index in [9.17, 15) is 67.4 Å². The number of hydrazine groups is 1. The predicted octanol–water partition coefficient (Wildman–Crippen LogP) is 25.7. The Morgan fingerprint density at radius 2 is 1.06 bits per heavy atom. The number of ether oxygens (including phenoxy) is 1. The number of thioether (sulfide) groups is 1. The van der Waals surface area contributed by atoms with Crippen LogP contribution in [0.15, 0.2) is 206 Å². The second-order valence-electron chi connectivity index (χ2n) is 38.6. The molecule has 0 bridgehead atoms. The molecule has 0 radical (unpaired) electrons. The minimum absolute atomic E-state index is 0.00428. The lowest BCUT2D eigenvalue weighted by molar-refractivity contribution is -0.671. The van der Waals surface area contributed by atoms with E-state index < -0.39 is 57.8 Å². The molecule has 2 aliphatic heterocycles. The van der Waals surface area contributed by atoms with E-state index in [1.807, 2.05) is 108 Å². The first-order valence-corrected chi connectivity index (χ1v) is 57.8. The van der Waals surface area contributed by atoms with Gasteiger partial charge in [0, 0.05) is 92.4 Å². The number of imidazole rings is 1. The van der Waals surface area contributed by atoms with Crippen molar-refractivity contribution in [3.63, 3.8) is 0 Å². The number of nitrogens with one attached hydrogen (secondary N) is 2. The van der Waals surface area contributed by atoms with E-state index in [1.54, 1.807) is 48.5 Å². The minimum Gasteiger partial charge on any atom is -0.748 e. The van der Waals surface area contributed by atoms with Crippen LogP contribution in [0.4, 0.5) is 22.7 Å². The molecule has 0 spiro atoms. The molecule has 1 atom stereocenters. The highest BCUT2D eigenvalue weighted by Gasteiger charge is 2.37. The van der Waals surface area contributed by atoms with E-state index in [2.05, 4.69) is 168 Å². The van der Waals surface area contributed by atoms with Crippen LogP contribution in [0.25, 0.3) is 27.3 Å². The summed E-state index contributed by atoms with van der Waals surface area (Å²) in [5.41, 5.74) is 15.9. The third-order valence-electron chi connectivity index (χ3n) is 23.5. The average molecular weight is 2270 g/mol. The number of nitrogens with zero attached hydrogens (tertiary/aromatic N) is 6. The molecule has 1 amide bonds. The number of aryl methyl sites for hydroxylation is 5. The standard InChI is InChI=1S/C31H40N2O5S.C25H25Cl4N4.C22H38O2.C21H20ClIN2O6S4.C7H8O3S/c1-3-4-5-6-7-8-9-10-11-30(31(35)33-32-25-14-12-24(2)13-15-25)38-27-18-22-29(23-19-27)39(36,37)28-20-16-26(34)17-21-28;1-5-30-20-12-16(26)17(27)13-21(20)31(6-2)24(30)10-9-11-25-32(7-3)22-14-18(28)19(29)15-23(22)33(25)8-4;1-19(2,3)13-21(7,8)15-11-18(24)16(12-17(15)23)22(9,10)14-20(4,5)6;22-14-3-5-18-16(11-14)24(7-1-9-34(26,27)28)20(32-18)13-21-25(8-2-10-35(29,30)31)17-12-15(23)4-6-19(17)33-21;1-6-2-4-7(5-3-6)11(8,9)10/h12-23,30,32,34H,3-11H2,1-2H3,(H,33,35);10,12-15H,5-8H2,1-4H3;11-12,23-24H,13-14H2,1-10H3;3-6,11-13H,1-2,7-10H2,(H-,26,27,28,29,30,31);2-5H,1H3,(H,8,9,10)/q;+1;;;/p-2. The Balaban J connectivity index is 0.000000206. The van der Waals surface area contributed by atoms with Crippen LogP contribution >= 0.6 is 104 Å². The van der Waals surface area contributed by atoms with E-state index in [-0.39, 0.29) is 60.8 Å². The van der Waals surface area contributed by atoms with Crippen LogP contribution in [0.3, 0.4) is 0 Å². The fraction of sp³-hybridized carbons (Fsp3) is 0.406. The quantitative estimate of drug-likeness (QED) is 0.00476. The lowest BCUT2D eigenvalue weighted by Crippen LogP contribution is -2.41.